The molecule has 2 nitrogen and oxygen atoms in total. The molecule has 2 atom stereocenters. The Kier molecular flexibility index (Phi) is 5.16. The Balaban J connectivity index is 2.17. The van der Waals surface area contributed by atoms with E-state index < -0.39 is 0 Å². The fourth-order valence-electron chi connectivity index (χ4n) is 2.36. The van der Waals surface area contributed by atoms with E-state index in [0.717, 1.165) is 13.0 Å². The third kappa shape index (κ3) is 3.66. The molecule has 0 aliphatic rings. The van der Waals surface area contributed by atoms with Crippen LogP contribution in [0.25, 0.3) is 0 Å². The number of aryl methyl sites for hydroxylation is 1. The van der Waals surface area contributed by atoms with E-state index in [9.17, 15) is 0 Å². The summed E-state index contributed by atoms with van der Waals surface area (Å²) >= 11 is 3.61. The van der Waals surface area contributed by atoms with Crippen LogP contribution >= 0.6 is 22.7 Å². The van der Waals surface area contributed by atoms with Crippen LogP contribution in [0.2, 0.25) is 0 Å². The smallest absolute Gasteiger partial charge is 0.0593 e. The molecule has 0 aliphatic heterocycles. The summed E-state index contributed by atoms with van der Waals surface area (Å²) in [5.74, 6) is 0. The SMILES string of the molecule is CCC(N)C(c1ccc(C)s1)N(C)Cc1ccsc1. The van der Waals surface area contributed by atoms with Crippen molar-refractivity contribution in [2.45, 2.75) is 38.9 Å². The molecule has 0 fully saturated rings. The van der Waals surface area contributed by atoms with Crippen molar-refractivity contribution in [1.29, 1.82) is 0 Å². The normalized spacial score (nSPS) is 14.8. The summed E-state index contributed by atoms with van der Waals surface area (Å²) in [5, 5.41) is 4.35. The summed E-state index contributed by atoms with van der Waals surface area (Å²) in [6.45, 7) is 5.27. The Morgan fingerprint density at radius 3 is 2.63 bits per heavy atom. The second-order valence-corrected chi connectivity index (χ2v) is 7.11. The maximum atomic E-state index is 6.36. The third-order valence-electron chi connectivity index (χ3n) is 3.42. The maximum absolute atomic E-state index is 6.36. The first-order chi connectivity index (χ1) is 9.11. The molecule has 2 unspecified atom stereocenters. The molecule has 2 aromatic rings. The van der Waals surface area contributed by atoms with Gasteiger partial charge in [0.05, 0.1) is 6.04 Å². The Morgan fingerprint density at radius 1 is 1.32 bits per heavy atom. The van der Waals surface area contributed by atoms with E-state index in [2.05, 4.69) is 54.8 Å². The number of rotatable bonds is 6. The van der Waals surface area contributed by atoms with Crippen molar-refractivity contribution in [2.75, 3.05) is 7.05 Å². The Hall–Kier alpha value is -0.680. The van der Waals surface area contributed by atoms with Crippen LogP contribution in [0.3, 0.4) is 0 Å². The summed E-state index contributed by atoms with van der Waals surface area (Å²) < 4.78 is 0. The lowest BCUT2D eigenvalue weighted by atomic mass is 10.0. The highest BCUT2D eigenvalue weighted by atomic mass is 32.1. The highest BCUT2D eigenvalue weighted by molar-refractivity contribution is 7.12. The van der Waals surface area contributed by atoms with Crippen molar-refractivity contribution in [2.24, 2.45) is 5.73 Å². The van der Waals surface area contributed by atoms with Crippen LogP contribution in [0.15, 0.2) is 29.0 Å². The van der Waals surface area contributed by atoms with Crippen LogP contribution < -0.4 is 5.73 Å². The van der Waals surface area contributed by atoms with Crippen molar-refractivity contribution in [3.63, 3.8) is 0 Å². The van der Waals surface area contributed by atoms with Gasteiger partial charge in [0.2, 0.25) is 0 Å². The van der Waals surface area contributed by atoms with Gasteiger partial charge in [0.25, 0.3) is 0 Å². The summed E-state index contributed by atoms with van der Waals surface area (Å²) in [4.78, 5) is 5.11. The highest BCUT2D eigenvalue weighted by Gasteiger charge is 2.24. The first kappa shape index (κ1) is 14.7. The molecule has 19 heavy (non-hydrogen) atoms. The van der Waals surface area contributed by atoms with Gasteiger partial charge >= 0.3 is 0 Å². The lowest BCUT2D eigenvalue weighted by Crippen LogP contribution is -2.38. The molecule has 2 N–H and O–H groups in total. The molecule has 0 saturated heterocycles. The number of nitrogens with zero attached hydrogens (tertiary/aromatic N) is 1. The average molecular weight is 294 g/mol. The minimum atomic E-state index is 0.182. The maximum Gasteiger partial charge on any atom is 0.0593 e. The number of nitrogens with two attached hydrogens (primary N) is 1. The van der Waals surface area contributed by atoms with Crippen molar-refractivity contribution >= 4 is 22.7 Å². The van der Waals surface area contributed by atoms with Crippen molar-refractivity contribution in [3.8, 4) is 0 Å². The zero-order valence-corrected chi connectivity index (χ0v) is 13.4. The summed E-state index contributed by atoms with van der Waals surface area (Å²) in [6, 6.07) is 7.10. The molecular formula is C15H22N2S2. The number of likely N-dealkylation sites (N-methyl/N-ethyl adjacent to an activating group) is 1. The number of hydrogen-bond donors (Lipinski definition) is 1. The number of hydrogen-bond acceptors (Lipinski definition) is 4. The molecule has 0 bridgehead atoms. The van der Waals surface area contributed by atoms with Crippen molar-refractivity contribution < 1.29 is 0 Å². The minimum Gasteiger partial charge on any atom is -0.326 e. The standard InChI is InChI=1S/C15H22N2S2/c1-4-13(16)15(14-6-5-11(2)19-14)17(3)9-12-7-8-18-10-12/h5-8,10,13,15H,4,9,16H2,1-3H3. The lowest BCUT2D eigenvalue weighted by molar-refractivity contribution is 0.205. The predicted octanol–water partition coefficient (Wildman–Crippen LogP) is 4.03. The van der Waals surface area contributed by atoms with Gasteiger partial charge in [-0.2, -0.15) is 11.3 Å². The Labute approximate surface area is 123 Å². The zero-order chi connectivity index (χ0) is 13.8. The lowest BCUT2D eigenvalue weighted by Gasteiger charge is -2.31. The average Bonchev–Trinajstić information content (AvgIpc) is 3.01. The van der Waals surface area contributed by atoms with Crippen LogP contribution in [0.1, 0.15) is 34.7 Å². The van der Waals surface area contributed by atoms with Gasteiger partial charge in [-0.15, -0.1) is 11.3 Å². The molecule has 104 valence electrons. The molecule has 4 heteroatoms. The predicted molar refractivity (Wildman–Crippen MR) is 85.8 cm³/mol. The second kappa shape index (κ2) is 6.66. The van der Waals surface area contributed by atoms with E-state index in [4.69, 9.17) is 5.73 Å². The molecule has 2 aromatic heterocycles. The summed E-state index contributed by atoms with van der Waals surface area (Å²) in [5.41, 5.74) is 7.73. The second-order valence-electron chi connectivity index (χ2n) is 5.01. The largest absolute Gasteiger partial charge is 0.326 e. The van der Waals surface area contributed by atoms with Crippen LogP contribution in [0, 0.1) is 6.92 Å². The van der Waals surface area contributed by atoms with Crippen molar-refractivity contribution in [1.82, 2.24) is 4.90 Å². The molecule has 0 saturated carbocycles. The van der Waals surface area contributed by atoms with Gasteiger partial charge in [-0.25, -0.2) is 0 Å². The number of thiophene rings is 2. The first-order valence-corrected chi connectivity index (χ1v) is 8.41. The summed E-state index contributed by atoms with van der Waals surface area (Å²) in [6.07, 6.45) is 0.996. The van der Waals surface area contributed by atoms with E-state index in [1.807, 2.05) is 11.3 Å². The van der Waals surface area contributed by atoms with E-state index in [1.165, 1.54) is 15.3 Å². The van der Waals surface area contributed by atoms with Gasteiger partial charge < -0.3 is 5.73 Å². The molecule has 0 amide bonds. The van der Waals surface area contributed by atoms with Gasteiger partial charge in [-0.05, 0) is 54.9 Å². The van der Waals surface area contributed by atoms with Gasteiger partial charge in [-0.1, -0.05) is 6.92 Å². The minimum absolute atomic E-state index is 0.182. The monoisotopic (exact) mass is 294 g/mol. The first-order valence-electron chi connectivity index (χ1n) is 6.65. The van der Waals surface area contributed by atoms with Crippen LogP contribution in [-0.4, -0.2) is 18.0 Å². The quantitative estimate of drug-likeness (QED) is 0.871. The zero-order valence-electron chi connectivity index (χ0n) is 11.8. The molecule has 0 aromatic carbocycles. The van der Waals surface area contributed by atoms with E-state index >= 15 is 0 Å². The molecule has 0 aliphatic carbocycles. The fourth-order valence-corrected chi connectivity index (χ4v) is 4.14. The summed E-state index contributed by atoms with van der Waals surface area (Å²) in [7, 11) is 2.17. The molecule has 2 heterocycles. The Morgan fingerprint density at radius 2 is 2.11 bits per heavy atom. The van der Waals surface area contributed by atoms with Crippen LogP contribution in [0.5, 0.6) is 0 Å². The van der Waals surface area contributed by atoms with Crippen LogP contribution in [0.4, 0.5) is 0 Å². The van der Waals surface area contributed by atoms with Gasteiger partial charge in [0.15, 0.2) is 0 Å². The molecular weight excluding hydrogens is 272 g/mol. The van der Waals surface area contributed by atoms with E-state index in [0.29, 0.717) is 6.04 Å². The van der Waals surface area contributed by atoms with Crippen LogP contribution in [-0.2, 0) is 6.54 Å². The molecule has 0 spiro atoms. The highest BCUT2D eigenvalue weighted by Crippen LogP contribution is 2.31. The van der Waals surface area contributed by atoms with Gasteiger partial charge in [-0.3, -0.25) is 4.90 Å². The Bertz CT molecular complexity index is 490. The fraction of sp³-hybridized carbons (Fsp3) is 0.467. The van der Waals surface area contributed by atoms with E-state index in [-0.39, 0.29) is 6.04 Å². The topological polar surface area (TPSA) is 29.3 Å². The van der Waals surface area contributed by atoms with Crippen molar-refractivity contribution in [3.05, 3.63) is 44.3 Å². The van der Waals surface area contributed by atoms with Gasteiger partial charge in [0, 0.05) is 22.3 Å². The molecule has 2 rings (SSSR count). The third-order valence-corrected chi connectivity index (χ3v) is 5.22. The van der Waals surface area contributed by atoms with E-state index in [1.54, 1.807) is 11.3 Å². The molecule has 0 radical (unpaired) electrons. The van der Waals surface area contributed by atoms with Gasteiger partial charge in [0.1, 0.15) is 0 Å².